The van der Waals surface area contributed by atoms with Gasteiger partial charge in [-0.1, -0.05) is 68.7 Å². The van der Waals surface area contributed by atoms with Crippen molar-refractivity contribution in [1.82, 2.24) is 10.3 Å². The van der Waals surface area contributed by atoms with Crippen LogP contribution in [0.4, 0.5) is 0 Å². The first-order valence-corrected chi connectivity index (χ1v) is 12.1. The Kier molecular flexibility index (Phi) is 16.1. The fourth-order valence-corrected chi connectivity index (χ4v) is 3.15. The standard InChI is InChI=1S/C29H40N4O2/c1-6-7-10-16-24(2)33-29(34)27-23-25(17-11-8-9-14-22-32-27)18-12-13-19-26(30-3)20-15-21-28(31-4)35-5/h8-9,11-15,17,19-20,22-24,28H,3-4,6-7,10,16,18,21H2,1-2,5H3,(H,33,34)/b9-8?,11-8?,13-12+,14-9?,17-11?,20-15+,22-14?,25-17?,25-23?,26-19-,27-23?,32-22?,32-27?/t24-,28?/m0/s1. The van der Waals surface area contributed by atoms with Gasteiger partial charge in [0.25, 0.3) is 5.91 Å². The van der Waals surface area contributed by atoms with Gasteiger partial charge in [0.05, 0.1) is 5.70 Å². The van der Waals surface area contributed by atoms with Crippen molar-refractivity contribution in [2.75, 3.05) is 7.11 Å². The predicted molar refractivity (Wildman–Crippen MR) is 148 cm³/mol. The van der Waals surface area contributed by atoms with Crippen LogP contribution in [0.1, 0.15) is 62.0 Å². The zero-order valence-corrected chi connectivity index (χ0v) is 21.4. The molecule has 2 atom stereocenters. The predicted octanol–water partition coefficient (Wildman–Crippen LogP) is 6.21. The third kappa shape index (κ3) is 13.8. The Hall–Kier alpha value is -3.38. The zero-order chi connectivity index (χ0) is 25.7. The van der Waals surface area contributed by atoms with Gasteiger partial charge in [-0.15, -0.1) is 0 Å². The maximum Gasteiger partial charge on any atom is 0.270 e. The molecule has 0 bridgehead atoms. The number of unbranched alkanes of at least 4 members (excludes halogenated alkanes) is 2. The van der Waals surface area contributed by atoms with Gasteiger partial charge < -0.3 is 10.1 Å². The molecule has 1 unspecified atom stereocenters. The van der Waals surface area contributed by atoms with Crippen molar-refractivity contribution in [3.63, 3.8) is 0 Å². The van der Waals surface area contributed by atoms with E-state index in [1.165, 1.54) is 6.42 Å². The number of aromatic nitrogens is 1. The Morgan fingerprint density at radius 1 is 1.20 bits per heavy atom. The highest BCUT2D eigenvalue weighted by Gasteiger charge is 2.10. The van der Waals surface area contributed by atoms with Crippen molar-refractivity contribution < 1.29 is 9.53 Å². The fourth-order valence-electron chi connectivity index (χ4n) is 3.15. The summed E-state index contributed by atoms with van der Waals surface area (Å²) in [6, 6.07) is 11.5. The lowest BCUT2D eigenvalue weighted by atomic mass is 10.1. The maximum atomic E-state index is 12.9. The minimum absolute atomic E-state index is 0.104. The van der Waals surface area contributed by atoms with Crippen LogP contribution in [0.5, 0.6) is 0 Å². The number of ether oxygens (including phenoxy) is 1. The van der Waals surface area contributed by atoms with Crippen LogP contribution >= 0.6 is 0 Å². The van der Waals surface area contributed by atoms with E-state index >= 15 is 0 Å². The van der Waals surface area contributed by atoms with E-state index < -0.39 is 0 Å². The average molecular weight is 477 g/mol. The van der Waals surface area contributed by atoms with Gasteiger partial charge in [0.15, 0.2) is 6.23 Å². The molecule has 1 amide bonds. The van der Waals surface area contributed by atoms with E-state index in [4.69, 9.17) is 4.74 Å². The largest absolute Gasteiger partial charge is 0.360 e. The van der Waals surface area contributed by atoms with Crippen LogP contribution < -0.4 is 5.32 Å². The van der Waals surface area contributed by atoms with E-state index in [-0.39, 0.29) is 18.2 Å². The summed E-state index contributed by atoms with van der Waals surface area (Å²) in [5.41, 5.74) is 2.08. The molecular weight excluding hydrogens is 436 g/mol. The lowest BCUT2D eigenvalue weighted by Crippen LogP contribution is -2.32. The van der Waals surface area contributed by atoms with E-state index in [1.807, 2.05) is 73.7 Å². The summed E-state index contributed by atoms with van der Waals surface area (Å²) < 4.78 is 5.16. The van der Waals surface area contributed by atoms with Gasteiger partial charge in [0, 0.05) is 25.8 Å². The molecule has 0 aliphatic rings. The second kappa shape index (κ2) is 19.0. The van der Waals surface area contributed by atoms with Gasteiger partial charge in [0.1, 0.15) is 5.69 Å². The van der Waals surface area contributed by atoms with Crippen molar-refractivity contribution in [2.24, 2.45) is 9.98 Å². The molecule has 0 spiro atoms. The van der Waals surface area contributed by atoms with Crippen LogP contribution in [-0.4, -0.2) is 43.7 Å². The molecule has 6 nitrogen and oxygen atoms in total. The molecule has 6 heteroatoms. The second-order valence-corrected chi connectivity index (χ2v) is 8.08. The van der Waals surface area contributed by atoms with Gasteiger partial charge in [-0.3, -0.25) is 19.8 Å². The minimum Gasteiger partial charge on any atom is -0.360 e. The molecule has 1 N–H and O–H groups in total. The van der Waals surface area contributed by atoms with E-state index in [1.54, 1.807) is 13.3 Å². The Balaban J connectivity index is 2.96. The minimum atomic E-state index is -0.268. The number of methoxy groups -OCH3 is 1. The normalized spacial score (nSPS) is 13.3. The Bertz CT molecular complexity index is 936. The second-order valence-electron chi connectivity index (χ2n) is 8.08. The third-order valence-corrected chi connectivity index (χ3v) is 5.16. The van der Waals surface area contributed by atoms with Crippen LogP contribution in [0.15, 0.2) is 88.7 Å². The first-order chi connectivity index (χ1) is 17.0. The molecule has 35 heavy (non-hydrogen) atoms. The Morgan fingerprint density at radius 3 is 2.71 bits per heavy atom. The molecule has 1 aromatic heterocycles. The summed E-state index contributed by atoms with van der Waals surface area (Å²) in [5.74, 6) is -0.162. The van der Waals surface area contributed by atoms with Crippen LogP contribution in [0.3, 0.4) is 0 Å². The summed E-state index contributed by atoms with van der Waals surface area (Å²) in [6.45, 7) is 11.3. The number of nitrogens with one attached hydrogen (secondary N) is 1. The smallest absolute Gasteiger partial charge is 0.270 e. The molecule has 1 aromatic rings. The van der Waals surface area contributed by atoms with Crippen molar-refractivity contribution in [1.29, 1.82) is 0 Å². The van der Waals surface area contributed by atoms with Crippen LogP contribution in [0.2, 0.25) is 0 Å². The van der Waals surface area contributed by atoms with Crippen molar-refractivity contribution in [2.45, 2.75) is 64.6 Å². The van der Waals surface area contributed by atoms with Gasteiger partial charge >= 0.3 is 0 Å². The fraction of sp³-hybridized carbons (Fsp3) is 0.379. The molecule has 188 valence electrons. The maximum absolute atomic E-state index is 12.9. The lowest BCUT2D eigenvalue weighted by Gasteiger charge is -2.13. The third-order valence-electron chi connectivity index (χ3n) is 5.16. The number of amides is 1. The molecule has 1 heterocycles. The monoisotopic (exact) mass is 476 g/mol. The highest BCUT2D eigenvalue weighted by Crippen LogP contribution is 2.07. The topological polar surface area (TPSA) is 75.9 Å². The summed E-state index contributed by atoms with van der Waals surface area (Å²) in [7, 11) is 1.60. The van der Waals surface area contributed by atoms with E-state index in [0.29, 0.717) is 18.5 Å². The van der Waals surface area contributed by atoms with Crippen LogP contribution in [-0.2, 0) is 11.2 Å². The van der Waals surface area contributed by atoms with Crippen molar-refractivity contribution >= 4 is 19.3 Å². The number of hydrogen-bond donors (Lipinski definition) is 1. The molecule has 0 fully saturated rings. The number of hydrogen-bond acceptors (Lipinski definition) is 5. The number of carbonyl (C=O) groups is 1. The summed E-state index contributed by atoms with van der Waals surface area (Å²) in [4.78, 5) is 25.2. The van der Waals surface area contributed by atoms with E-state index in [0.717, 1.165) is 30.5 Å². The number of allylic oxidation sites excluding steroid dienone is 4. The van der Waals surface area contributed by atoms with Gasteiger partial charge in [0.2, 0.25) is 0 Å². The molecule has 0 radical (unpaired) electrons. The number of rotatable bonds is 15. The molecule has 0 saturated heterocycles. The van der Waals surface area contributed by atoms with E-state index in [2.05, 4.69) is 40.6 Å². The number of nitrogens with zero attached hydrogens (tertiary/aromatic N) is 3. The summed E-state index contributed by atoms with van der Waals surface area (Å²) in [5, 5.41) is 3.07. The number of carbonyl (C=O) groups excluding carboxylic acids is 1. The summed E-state index contributed by atoms with van der Waals surface area (Å²) >= 11 is 0. The van der Waals surface area contributed by atoms with Gasteiger partial charge in [-0.25, -0.2) is 0 Å². The molecule has 1 rings (SSSR count). The summed E-state index contributed by atoms with van der Waals surface area (Å²) in [6.07, 6.45) is 16.6. The first-order valence-electron chi connectivity index (χ1n) is 12.1. The quantitative estimate of drug-likeness (QED) is 0.186. The zero-order valence-electron chi connectivity index (χ0n) is 21.4. The number of aliphatic imine (C=N–C) groups is 2. The van der Waals surface area contributed by atoms with Gasteiger partial charge in [-0.05, 0) is 63.0 Å². The molecule has 0 saturated carbocycles. The lowest BCUT2D eigenvalue weighted by molar-refractivity contribution is 0.0933. The van der Waals surface area contributed by atoms with Crippen LogP contribution in [0.25, 0.3) is 0 Å². The molecule has 0 aromatic carbocycles. The average Bonchev–Trinajstić information content (AvgIpc) is 2.86. The highest BCUT2D eigenvalue weighted by atomic mass is 16.5. The SMILES string of the molecule is C=NC(=C\C=C\Cc1ccccccnc(C(=O)N[C@@H](C)CCCCC)c1)/C=C/CC(N=C)OC. The molecule has 0 aliphatic heterocycles. The Labute approximate surface area is 211 Å². The molecule has 0 aliphatic carbocycles. The van der Waals surface area contributed by atoms with E-state index in [9.17, 15) is 4.79 Å². The van der Waals surface area contributed by atoms with Gasteiger partial charge in [-0.2, -0.15) is 0 Å². The van der Waals surface area contributed by atoms with Crippen molar-refractivity contribution in [3.05, 3.63) is 89.9 Å². The van der Waals surface area contributed by atoms with Crippen molar-refractivity contribution in [3.8, 4) is 0 Å². The highest BCUT2D eigenvalue weighted by molar-refractivity contribution is 5.92. The molecular formula is C29H40N4O2. The van der Waals surface area contributed by atoms with Crippen LogP contribution in [0, 0.1) is 0 Å². The Morgan fingerprint density at radius 2 is 2.00 bits per heavy atom. The first kappa shape index (κ1) is 29.7.